The third-order valence-corrected chi connectivity index (χ3v) is 5.04. The first-order chi connectivity index (χ1) is 15.4. The van der Waals surface area contributed by atoms with Crippen molar-refractivity contribution >= 4 is 34.5 Å². The summed E-state index contributed by atoms with van der Waals surface area (Å²) in [4.78, 5) is 36.8. The van der Waals surface area contributed by atoms with Gasteiger partial charge in [0.1, 0.15) is 0 Å². The molecule has 1 aliphatic rings. The van der Waals surface area contributed by atoms with E-state index in [1.165, 1.54) is 31.5 Å². The molecule has 4 rings (SSSR count). The molecule has 1 aliphatic heterocycles. The lowest BCUT2D eigenvalue weighted by molar-refractivity contribution is -0.110. The highest BCUT2D eigenvalue weighted by Crippen LogP contribution is 2.34. The van der Waals surface area contributed by atoms with Crippen LogP contribution < -0.4 is 21.1 Å². The summed E-state index contributed by atoms with van der Waals surface area (Å²) in [6.07, 6.45) is 1.50. The SMILES string of the molecule is COc1ccc(N/C=C2\C(=O)Nc3ccc(C(=O)c4cccc(C(N)=O)c4)cc32)cc1O. The van der Waals surface area contributed by atoms with Crippen molar-refractivity contribution in [3.8, 4) is 11.5 Å². The fraction of sp³-hybridized carbons (Fsp3) is 0.0417. The van der Waals surface area contributed by atoms with Crippen molar-refractivity contribution in [3.63, 3.8) is 0 Å². The van der Waals surface area contributed by atoms with Crippen molar-refractivity contribution in [1.29, 1.82) is 0 Å². The highest BCUT2D eigenvalue weighted by Gasteiger charge is 2.25. The number of ether oxygens (including phenoxy) is 1. The number of phenolic OH excluding ortho intramolecular Hbond substituents is 1. The van der Waals surface area contributed by atoms with Crippen molar-refractivity contribution in [2.24, 2.45) is 5.73 Å². The number of anilines is 2. The summed E-state index contributed by atoms with van der Waals surface area (Å²) < 4.78 is 5.02. The molecule has 3 aromatic carbocycles. The molecule has 0 radical (unpaired) electrons. The number of hydrogen-bond donors (Lipinski definition) is 4. The third-order valence-electron chi connectivity index (χ3n) is 5.04. The summed E-state index contributed by atoms with van der Waals surface area (Å²) >= 11 is 0. The maximum atomic E-state index is 13.0. The van der Waals surface area contributed by atoms with Gasteiger partial charge in [-0.1, -0.05) is 12.1 Å². The van der Waals surface area contributed by atoms with E-state index < -0.39 is 5.91 Å². The van der Waals surface area contributed by atoms with Crippen LogP contribution >= 0.6 is 0 Å². The molecule has 2 amide bonds. The van der Waals surface area contributed by atoms with Gasteiger partial charge in [0.05, 0.1) is 12.7 Å². The Morgan fingerprint density at radius 3 is 2.50 bits per heavy atom. The van der Waals surface area contributed by atoms with Gasteiger partial charge in [-0.3, -0.25) is 14.4 Å². The largest absolute Gasteiger partial charge is 0.504 e. The molecule has 0 aliphatic carbocycles. The van der Waals surface area contributed by atoms with Crippen molar-refractivity contribution in [2.75, 3.05) is 17.7 Å². The molecule has 3 aromatic rings. The Hall–Kier alpha value is -4.59. The highest BCUT2D eigenvalue weighted by molar-refractivity contribution is 6.32. The molecule has 0 saturated carbocycles. The summed E-state index contributed by atoms with van der Waals surface area (Å²) in [6.45, 7) is 0. The van der Waals surface area contributed by atoms with Crippen molar-refractivity contribution in [2.45, 2.75) is 0 Å². The number of ketones is 1. The third kappa shape index (κ3) is 3.89. The van der Waals surface area contributed by atoms with Gasteiger partial charge in [-0.05, 0) is 42.5 Å². The number of amides is 2. The van der Waals surface area contributed by atoms with Gasteiger partial charge in [-0.25, -0.2) is 0 Å². The van der Waals surface area contributed by atoms with E-state index >= 15 is 0 Å². The molecule has 1 heterocycles. The number of methoxy groups -OCH3 is 1. The number of benzene rings is 3. The molecule has 160 valence electrons. The lowest BCUT2D eigenvalue weighted by Crippen LogP contribution is -2.12. The first kappa shape index (κ1) is 20.7. The van der Waals surface area contributed by atoms with Gasteiger partial charge in [0, 0.05) is 45.9 Å². The fourth-order valence-corrected chi connectivity index (χ4v) is 3.39. The molecule has 0 bridgehead atoms. The number of primary amides is 1. The Balaban J connectivity index is 1.64. The van der Waals surface area contributed by atoms with Crippen LogP contribution in [-0.4, -0.2) is 29.8 Å². The predicted molar refractivity (Wildman–Crippen MR) is 120 cm³/mol. The molecule has 0 saturated heterocycles. The maximum absolute atomic E-state index is 13.0. The van der Waals surface area contributed by atoms with Gasteiger partial charge in [-0.15, -0.1) is 0 Å². The Kier molecular flexibility index (Phi) is 5.34. The minimum Gasteiger partial charge on any atom is -0.504 e. The van der Waals surface area contributed by atoms with Crippen molar-refractivity contribution < 1.29 is 24.2 Å². The van der Waals surface area contributed by atoms with Crippen LogP contribution in [-0.2, 0) is 4.79 Å². The predicted octanol–water partition coefficient (Wildman–Crippen LogP) is 3.14. The van der Waals surface area contributed by atoms with E-state index in [1.807, 2.05) is 0 Å². The van der Waals surface area contributed by atoms with E-state index in [-0.39, 0.29) is 23.0 Å². The van der Waals surface area contributed by atoms with E-state index in [0.717, 1.165) is 0 Å². The number of aromatic hydroxyl groups is 1. The molecule has 0 spiro atoms. The number of hydrogen-bond acceptors (Lipinski definition) is 6. The van der Waals surface area contributed by atoms with Crippen LogP contribution in [0.25, 0.3) is 5.57 Å². The minimum atomic E-state index is -0.621. The second-order valence-electron chi connectivity index (χ2n) is 7.08. The van der Waals surface area contributed by atoms with E-state index in [0.29, 0.717) is 39.4 Å². The lowest BCUT2D eigenvalue weighted by atomic mass is 9.97. The second-order valence-corrected chi connectivity index (χ2v) is 7.08. The average molecular weight is 429 g/mol. The van der Waals surface area contributed by atoms with Gasteiger partial charge >= 0.3 is 0 Å². The maximum Gasteiger partial charge on any atom is 0.257 e. The number of phenols is 1. The first-order valence-corrected chi connectivity index (χ1v) is 9.61. The summed E-state index contributed by atoms with van der Waals surface area (Å²) in [5.41, 5.74) is 8.22. The smallest absolute Gasteiger partial charge is 0.257 e. The molecule has 32 heavy (non-hydrogen) atoms. The van der Waals surface area contributed by atoms with Crippen molar-refractivity contribution in [3.05, 3.63) is 89.1 Å². The molecular formula is C24H19N3O5. The quantitative estimate of drug-likeness (QED) is 0.352. The van der Waals surface area contributed by atoms with Crippen LogP contribution in [0.4, 0.5) is 11.4 Å². The normalized spacial score (nSPS) is 13.4. The zero-order valence-electron chi connectivity index (χ0n) is 17.0. The number of carbonyl (C=O) groups is 3. The van der Waals surface area contributed by atoms with Gasteiger partial charge in [-0.2, -0.15) is 0 Å². The molecule has 0 atom stereocenters. The number of fused-ring (bicyclic) bond motifs is 1. The van der Waals surface area contributed by atoms with Gasteiger partial charge in [0.25, 0.3) is 5.91 Å². The lowest BCUT2D eigenvalue weighted by Gasteiger charge is -2.07. The molecule has 5 N–H and O–H groups in total. The van der Waals surface area contributed by atoms with Crippen molar-refractivity contribution in [1.82, 2.24) is 0 Å². The molecule has 8 nitrogen and oxygen atoms in total. The topological polar surface area (TPSA) is 131 Å². The summed E-state index contributed by atoms with van der Waals surface area (Å²) in [5, 5.41) is 15.7. The molecule has 0 fully saturated rings. The monoisotopic (exact) mass is 429 g/mol. The first-order valence-electron chi connectivity index (χ1n) is 9.61. The van der Waals surface area contributed by atoms with E-state index in [9.17, 15) is 19.5 Å². The summed E-state index contributed by atoms with van der Waals surface area (Å²) in [7, 11) is 1.45. The highest BCUT2D eigenvalue weighted by atomic mass is 16.5. The summed E-state index contributed by atoms with van der Waals surface area (Å²) in [5.74, 6) is -0.966. The van der Waals surface area contributed by atoms with Crippen LogP contribution in [0, 0.1) is 0 Å². The van der Waals surface area contributed by atoms with E-state index in [4.69, 9.17) is 10.5 Å². The van der Waals surface area contributed by atoms with Crippen LogP contribution in [0.5, 0.6) is 11.5 Å². The van der Waals surface area contributed by atoms with Crippen LogP contribution in [0.2, 0.25) is 0 Å². The van der Waals surface area contributed by atoms with Gasteiger partial charge < -0.3 is 26.2 Å². The van der Waals surface area contributed by atoms with Crippen LogP contribution in [0.1, 0.15) is 31.8 Å². The Bertz CT molecular complexity index is 1300. The van der Waals surface area contributed by atoms with Gasteiger partial charge in [0.2, 0.25) is 5.91 Å². The van der Waals surface area contributed by atoms with Crippen LogP contribution in [0.3, 0.4) is 0 Å². The number of nitrogens with one attached hydrogen (secondary N) is 2. The number of nitrogens with two attached hydrogens (primary N) is 1. The average Bonchev–Trinajstić information content (AvgIpc) is 3.11. The van der Waals surface area contributed by atoms with Crippen LogP contribution in [0.15, 0.2) is 66.9 Å². The van der Waals surface area contributed by atoms with E-state index in [2.05, 4.69) is 10.6 Å². The van der Waals surface area contributed by atoms with E-state index in [1.54, 1.807) is 42.5 Å². The van der Waals surface area contributed by atoms with Gasteiger partial charge in [0.15, 0.2) is 17.3 Å². The Labute approximate surface area is 183 Å². The second kappa shape index (κ2) is 8.27. The summed E-state index contributed by atoms with van der Waals surface area (Å²) in [6, 6.07) is 15.8. The zero-order valence-corrected chi connectivity index (χ0v) is 17.0. The zero-order chi connectivity index (χ0) is 22.8. The molecular weight excluding hydrogens is 410 g/mol. The Morgan fingerprint density at radius 2 is 1.78 bits per heavy atom. The standard InChI is InChI=1S/C24H19N3O5/c1-32-21-8-6-16(11-20(21)28)26-12-18-17-10-14(5-7-19(17)27-24(18)31)22(29)13-3-2-4-15(9-13)23(25)30/h2-12,26,28H,1H3,(H2,25,30)(H,27,31)/b18-12-. The number of carbonyl (C=O) groups excluding carboxylic acids is 3. The Morgan fingerprint density at radius 1 is 1.03 bits per heavy atom. The fourth-order valence-electron chi connectivity index (χ4n) is 3.39. The minimum absolute atomic E-state index is 0.0433. The molecule has 8 heteroatoms. The molecule has 0 aromatic heterocycles. The molecule has 0 unspecified atom stereocenters. The number of rotatable bonds is 6.